The second-order valence-electron chi connectivity index (χ2n) is 31.6. The maximum absolute atomic E-state index is 16.6. The van der Waals surface area contributed by atoms with Gasteiger partial charge in [0, 0.05) is 43.8 Å². The van der Waals surface area contributed by atoms with E-state index in [0.717, 1.165) is 54.7 Å². The summed E-state index contributed by atoms with van der Waals surface area (Å²) < 4.78 is 43.8. The van der Waals surface area contributed by atoms with Crippen molar-refractivity contribution in [3.63, 3.8) is 0 Å². The normalized spacial score (nSPS) is 13.1. The summed E-state index contributed by atoms with van der Waals surface area (Å²) in [6.07, 6.45) is 0.465. The summed E-state index contributed by atoms with van der Waals surface area (Å²) in [5.74, 6) is 0.495. The molecule has 0 aliphatic carbocycles. The standard InChI is InChI=1S/C81H96F2N2O4/c1-46-48(3)74(62(44-64(46)82)60-36-54(80(17,18)19)42-70(72(60)86)84-66-38-50(76(5,6)7)26-30-56(66)57-31-27-51(39-67(57)84)77(8,9)10)88(23)34-25-35-89(24)75-49(4)47(2)65(83)45-63(75)61-37-55(81(20,21)22)43-71(73(61)87)85-68-40-52(78(11,12)13)28-32-58(68)59-33-29-53(41-69(59)85)79(14,15)16/h26-33,36-45,86-87H,23-25,34-35H2,1-22H3. The van der Waals surface area contributed by atoms with Crippen molar-refractivity contribution < 1.29 is 27.7 Å². The quantitative estimate of drug-likeness (QED) is 0.106. The van der Waals surface area contributed by atoms with Gasteiger partial charge in [-0.25, -0.2) is 8.78 Å². The molecule has 6 nitrogen and oxygen atoms in total. The highest BCUT2D eigenvalue weighted by Gasteiger charge is 2.33. The number of nitrogens with zero attached hydrogens (tertiary/aromatic N) is 2. The van der Waals surface area contributed by atoms with E-state index in [-0.39, 0.29) is 44.0 Å². The van der Waals surface area contributed by atoms with E-state index < -0.39 is 11.6 Å². The molecule has 0 fully saturated rings. The Morgan fingerprint density at radius 1 is 0.348 bits per heavy atom. The van der Waals surface area contributed by atoms with E-state index in [1.165, 1.54) is 34.4 Å². The largest absolute Gasteiger partial charge is 0.711 e. The summed E-state index contributed by atoms with van der Waals surface area (Å²) in [7, 11) is 9.18. The first-order valence-corrected chi connectivity index (χ1v) is 31.6. The number of rotatable bonds is 10. The Morgan fingerprint density at radius 3 is 0.854 bits per heavy atom. The lowest BCUT2D eigenvalue weighted by atomic mass is 9.84. The van der Waals surface area contributed by atoms with Crippen molar-refractivity contribution >= 4 is 43.6 Å². The number of aromatic nitrogens is 2. The molecule has 0 aliphatic rings. The summed E-state index contributed by atoms with van der Waals surface area (Å²) >= 11 is 0. The van der Waals surface area contributed by atoms with Crippen LogP contribution in [-0.2, 0) is 41.2 Å². The highest BCUT2D eigenvalue weighted by atomic mass is 19.1. The molecule has 8 heteroatoms. The van der Waals surface area contributed by atoms with Crippen molar-refractivity contribution in [1.82, 2.24) is 9.13 Å². The summed E-state index contributed by atoms with van der Waals surface area (Å²) in [5.41, 5.74) is 14.6. The van der Waals surface area contributed by atoms with Crippen LogP contribution in [-0.4, -0.2) is 32.6 Å². The molecular weight excluding hydrogens is 1100 g/mol. The number of phenolic OH excluding ortho intramolecular Hbond substituents is 2. The predicted molar refractivity (Wildman–Crippen MR) is 373 cm³/mol. The van der Waals surface area contributed by atoms with Gasteiger partial charge in [-0.3, -0.25) is 0 Å². The molecule has 10 aromatic rings. The van der Waals surface area contributed by atoms with E-state index in [4.69, 9.17) is 0 Å². The number of aromatic hydroxyl groups is 2. The minimum atomic E-state index is -0.391. The third-order valence-electron chi connectivity index (χ3n) is 18.9. The molecule has 8 aromatic carbocycles. The number of phenols is 2. The predicted octanol–water partition coefficient (Wildman–Crippen LogP) is 23.1. The fraction of sp³-hybridized carbons (Fsp3) is 0.383. The van der Waals surface area contributed by atoms with Crippen molar-refractivity contribution in [3.8, 4) is 56.6 Å². The lowest BCUT2D eigenvalue weighted by Crippen LogP contribution is -2.14. The van der Waals surface area contributed by atoms with Crippen LogP contribution in [0, 0.1) is 53.5 Å². The highest BCUT2D eigenvalue weighted by molar-refractivity contribution is 6.11. The smallest absolute Gasteiger partial charge is 0.238 e. The SMILES string of the molecule is [CH2-][O+](CCC[O+]([CH2-])c1c(-c2cc(C(C)(C)C)cc(-n3c4cc(C(C)(C)C)ccc4c4ccc(C(C)(C)C)cc43)c2O)cc(F)c(C)c1C)c1c(-c2cc(C(C)(C)C)cc(-n3c4cc(C(C)(C)C)ccc4c4ccc(C(C)(C)C)cc43)c2O)cc(F)c(C)c1C. The van der Waals surface area contributed by atoms with Gasteiger partial charge < -0.3 is 28.1 Å². The fourth-order valence-corrected chi connectivity index (χ4v) is 12.7. The highest BCUT2D eigenvalue weighted by Crippen LogP contribution is 2.52. The second kappa shape index (κ2) is 22.1. The molecule has 0 bridgehead atoms. The van der Waals surface area contributed by atoms with Crippen LogP contribution in [0.5, 0.6) is 23.0 Å². The Labute approximate surface area is 529 Å². The minimum Gasteiger partial charge on any atom is -0.711 e. The van der Waals surface area contributed by atoms with Gasteiger partial charge in [-0.15, -0.1) is 0 Å². The van der Waals surface area contributed by atoms with Crippen molar-refractivity contribution in [2.24, 2.45) is 0 Å². The molecule has 0 saturated carbocycles. The van der Waals surface area contributed by atoms with Crippen LogP contribution in [0.1, 0.15) is 187 Å². The average molecular weight is 1200 g/mol. The summed E-state index contributed by atoms with van der Waals surface area (Å²) in [6, 6.07) is 38.0. The molecule has 0 radical (unpaired) electrons. The van der Waals surface area contributed by atoms with E-state index >= 15 is 8.78 Å². The molecule has 0 saturated heterocycles. The van der Waals surface area contributed by atoms with E-state index in [0.29, 0.717) is 87.0 Å². The Hall–Kier alpha value is -7.58. The molecular formula is C81H96F2N2O4. The van der Waals surface area contributed by atoms with Crippen LogP contribution >= 0.6 is 0 Å². The first-order valence-electron chi connectivity index (χ1n) is 31.6. The van der Waals surface area contributed by atoms with Crippen LogP contribution in [0.3, 0.4) is 0 Å². The van der Waals surface area contributed by atoms with Crippen molar-refractivity contribution in [2.75, 3.05) is 13.2 Å². The van der Waals surface area contributed by atoms with Crippen LogP contribution in [0.2, 0.25) is 0 Å². The first kappa shape index (κ1) is 64.4. The topological polar surface area (TPSA) is 55.7 Å². The zero-order valence-electron chi connectivity index (χ0n) is 57.3. The molecule has 0 spiro atoms. The molecule has 0 atom stereocenters. The number of hydrogen-bond donors (Lipinski definition) is 2. The minimum absolute atomic E-state index is 0.0237. The molecule has 2 aromatic heterocycles. The van der Waals surface area contributed by atoms with Crippen molar-refractivity contribution in [1.29, 1.82) is 0 Å². The summed E-state index contributed by atoms with van der Waals surface area (Å²) in [6.45, 7) is 47.5. The molecule has 2 heterocycles. The van der Waals surface area contributed by atoms with Crippen LogP contribution in [0.25, 0.3) is 77.2 Å². The number of benzene rings is 8. The average Bonchev–Trinajstić information content (AvgIpc) is 1.65. The van der Waals surface area contributed by atoms with Gasteiger partial charge in [0.05, 0.1) is 44.6 Å². The van der Waals surface area contributed by atoms with E-state index in [2.05, 4.69) is 242 Å². The molecule has 89 heavy (non-hydrogen) atoms. The van der Waals surface area contributed by atoms with Crippen LogP contribution in [0.15, 0.2) is 109 Å². The fourth-order valence-electron chi connectivity index (χ4n) is 12.7. The summed E-state index contributed by atoms with van der Waals surface area (Å²) in [5, 5.41) is 30.6. The van der Waals surface area contributed by atoms with Crippen molar-refractivity contribution in [3.05, 3.63) is 191 Å². The van der Waals surface area contributed by atoms with Gasteiger partial charge in [-0.05, 0) is 180 Å². The first-order chi connectivity index (χ1) is 41.1. The van der Waals surface area contributed by atoms with Gasteiger partial charge in [0.2, 0.25) is 11.5 Å². The van der Waals surface area contributed by atoms with Crippen LogP contribution in [0.4, 0.5) is 8.78 Å². The molecule has 0 unspecified atom stereocenters. The molecule has 0 aliphatic heterocycles. The van der Waals surface area contributed by atoms with Gasteiger partial charge >= 0.3 is 0 Å². The Morgan fingerprint density at radius 2 is 0.607 bits per heavy atom. The zero-order chi connectivity index (χ0) is 65.5. The Bertz CT molecular complexity index is 4040. The van der Waals surface area contributed by atoms with E-state index in [1.54, 1.807) is 13.8 Å². The number of fused-ring (bicyclic) bond motifs is 6. The van der Waals surface area contributed by atoms with Gasteiger partial charge in [-0.1, -0.05) is 173 Å². The van der Waals surface area contributed by atoms with Gasteiger partial charge in [0.15, 0.2) is 13.2 Å². The monoisotopic (exact) mass is 1200 g/mol. The van der Waals surface area contributed by atoms with Crippen LogP contribution < -0.4 is 0 Å². The molecule has 2 N–H and O–H groups in total. The molecule has 0 amide bonds. The van der Waals surface area contributed by atoms with E-state index in [1.807, 2.05) is 26.0 Å². The maximum atomic E-state index is 16.6. The van der Waals surface area contributed by atoms with Gasteiger partial charge in [0.1, 0.15) is 29.6 Å². The Kier molecular flexibility index (Phi) is 16.0. The molecule has 468 valence electrons. The number of hydrogen-bond acceptors (Lipinski definition) is 2. The van der Waals surface area contributed by atoms with Gasteiger partial charge in [-0.2, -0.15) is 0 Å². The third-order valence-corrected chi connectivity index (χ3v) is 18.9. The zero-order valence-corrected chi connectivity index (χ0v) is 57.3. The maximum Gasteiger partial charge on any atom is 0.238 e. The lowest BCUT2D eigenvalue weighted by Gasteiger charge is -2.35. The lowest BCUT2D eigenvalue weighted by molar-refractivity contribution is -0.0171. The van der Waals surface area contributed by atoms with Crippen molar-refractivity contribution in [2.45, 2.75) is 191 Å². The number of halogens is 2. The summed E-state index contributed by atoms with van der Waals surface area (Å²) in [4.78, 5) is 0. The third kappa shape index (κ3) is 11.6. The van der Waals surface area contributed by atoms with Gasteiger partial charge in [0.25, 0.3) is 0 Å². The Balaban J connectivity index is 1.09. The van der Waals surface area contributed by atoms with E-state index in [9.17, 15) is 10.2 Å². The molecule has 10 rings (SSSR count). The second-order valence-corrected chi connectivity index (χ2v) is 31.6.